The number of hydrogen-bond acceptors (Lipinski definition) is 4. The van der Waals surface area contributed by atoms with Crippen LogP contribution in [-0.4, -0.2) is 31.1 Å². The van der Waals surface area contributed by atoms with Gasteiger partial charge in [-0.1, -0.05) is 30.1 Å². The van der Waals surface area contributed by atoms with Crippen molar-refractivity contribution in [2.45, 2.75) is 31.4 Å². The molecule has 0 saturated carbocycles. The number of nitrogens with one attached hydrogen (secondary N) is 1. The number of thioether (sulfide) groups is 1. The minimum atomic E-state index is -3.73. The smallest absolute Gasteiger partial charge is 0.242 e. The quantitative estimate of drug-likeness (QED) is 0.787. The molecule has 1 atom stereocenters. The SMILES string of the molecule is CCSCC(C)NS(=O)(=O)c1ccc(Cl)c(CO)c1Cl. The number of aliphatic hydroxyl groups is 1. The molecular weight excluding hydrogens is 341 g/mol. The molecular formula is C12H17Cl2NO3S2. The van der Waals surface area contributed by atoms with Crippen LogP contribution in [0.15, 0.2) is 17.0 Å². The first-order valence-electron chi connectivity index (χ1n) is 6.01. The highest BCUT2D eigenvalue weighted by molar-refractivity contribution is 7.99. The van der Waals surface area contributed by atoms with Gasteiger partial charge in [0.25, 0.3) is 0 Å². The molecule has 0 fully saturated rings. The van der Waals surface area contributed by atoms with E-state index in [9.17, 15) is 13.5 Å². The highest BCUT2D eigenvalue weighted by Crippen LogP contribution is 2.31. The van der Waals surface area contributed by atoms with Crippen molar-refractivity contribution in [1.29, 1.82) is 0 Å². The maximum absolute atomic E-state index is 12.3. The molecule has 1 aromatic carbocycles. The third-order valence-electron chi connectivity index (χ3n) is 2.53. The van der Waals surface area contributed by atoms with Gasteiger partial charge in [0.05, 0.1) is 11.6 Å². The first-order chi connectivity index (χ1) is 9.33. The third kappa shape index (κ3) is 4.51. The van der Waals surface area contributed by atoms with Gasteiger partial charge in [-0.25, -0.2) is 13.1 Å². The number of rotatable bonds is 7. The normalized spacial score (nSPS) is 13.4. The molecule has 0 aliphatic heterocycles. The first-order valence-corrected chi connectivity index (χ1v) is 9.40. The highest BCUT2D eigenvalue weighted by atomic mass is 35.5. The van der Waals surface area contributed by atoms with Crippen molar-refractivity contribution in [3.63, 3.8) is 0 Å². The summed E-state index contributed by atoms with van der Waals surface area (Å²) in [5.41, 5.74) is 0.215. The Morgan fingerprint density at radius 1 is 1.40 bits per heavy atom. The Kier molecular flexibility index (Phi) is 7.11. The summed E-state index contributed by atoms with van der Waals surface area (Å²) in [6.45, 7) is 3.38. The third-order valence-corrected chi connectivity index (χ3v) is 6.20. The molecule has 0 amide bonds. The van der Waals surface area contributed by atoms with Crippen LogP contribution >= 0.6 is 35.0 Å². The summed E-state index contributed by atoms with van der Waals surface area (Å²) in [4.78, 5) is -0.0686. The molecule has 0 aromatic heterocycles. The molecule has 0 aliphatic carbocycles. The average Bonchev–Trinajstić information content (AvgIpc) is 2.36. The molecule has 0 spiro atoms. The van der Waals surface area contributed by atoms with E-state index in [1.54, 1.807) is 18.7 Å². The van der Waals surface area contributed by atoms with Crippen molar-refractivity contribution in [3.05, 3.63) is 27.7 Å². The second-order valence-corrected chi connectivity index (χ2v) is 7.96. The van der Waals surface area contributed by atoms with E-state index in [2.05, 4.69) is 4.72 Å². The lowest BCUT2D eigenvalue weighted by atomic mass is 10.2. The molecule has 0 heterocycles. The Labute approximate surface area is 133 Å². The standard InChI is InChI=1S/C12H17Cl2NO3S2/c1-3-19-7-8(2)15-20(17,18)11-5-4-10(13)9(6-16)12(11)14/h4-5,8,15-16H,3,6-7H2,1-2H3. The lowest BCUT2D eigenvalue weighted by molar-refractivity contribution is 0.281. The van der Waals surface area contributed by atoms with Crippen LogP contribution in [0.2, 0.25) is 10.0 Å². The van der Waals surface area contributed by atoms with Gasteiger partial charge in [-0.05, 0) is 24.8 Å². The Morgan fingerprint density at radius 3 is 2.60 bits per heavy atom. The average molecular weight is 358 g/mol. The Hall–Kier alpha value is 0.0200. The maximum Gasteiger partial charge on any atom is 0.242 e. The first kappa shape index (κ1) is 18.1. The molecule has 4 nitrogen and oxygen atoms in total. The van der Waals surface area contributed by atoms with Gasteiger partial charge >= 0.3 is 0 Å². The van der Waals surface area contributed by atoms with Crippen LogP contribution in [0.1, 0.15) is 19.4 Å². The summed E-state index contributed by atoms with van der Waals surface area (Å²) < 4.78 is 27.1. The lowest BCUT2D eigenvalue weighted by Gasteiger charge is -2.15. The molecule has 0 saturated heterocycles. The van der Waals surface area contributed by atoms with Gasteiger partial charge in [0.2, 0.25) is 10.0 Å². The second-order valence-electron chi connectivity index (χ2n) is 4.18. The van der Waals surface area contributed by atoms with E-state index < -0.39 is 16.6 Å². The van der Waals surface area contributed by atoms with Crippen molar-refractivity contribution in [2.75, 3.05) is 11.5 Å². The van der Waals surface area contributed by atoms with Gasteiger partial charge in [-0.15, -0.1) is 0 Å². The van der Waals surface area contributed by atoms with E-state index in [1.165, 1.54) is 12.1 Å². The minimum absolute atomic E-state index is 0.0390. The second kappa shape index (κ2) is 7.87. The van der Waals surface area contributed by atoms with Crippen molar-refractivity contribution in [3.8, 4) is 0 Å². The summed E-state index contributed by atoms with van der Waals surface area (Å²) in [5.74, 6) is 1.59. The monoisotopic (exact) mass is 357 g/mol. The molecule has 114 valence electrons. The molecule has 0 radical (unpaired) electrons. The van der Waals surface area contributed by atoms with Crippen LogP contribution in [0.3, 0.4) is 0 Å². The number of halogens is 2. The number of hydrogen-bond donors (Lipinski definition) is 2. The molecule has 1 aromatic rings. The van der Waals surface area contributed by atoms with Crippen LogP contribution in [-0.2, 0) is 16.6 Å². The van der Waals surface area contributed by atoms with Crippen molar-refractivity contribution < 1.29 is 13.5 Å². The van der Waals surface area contributed by atoms with E-state index in [1.807, 2.05) is 6.92 Å². The lowest BCUT2D eigenvalue weighted by Crippen LogP contribution is -2.34. The zero-order chi connectivity index (χ0) is 15.3. The zero-order valence-corrected chi connectivity index (χ0v) is 14.3. The van der Waals surface area contributed by atoms with Crippen LogP contribution in [0.4, 0.5) is 0 Å². The summed E-state index contributed by atoms with van der Waals surface area (Å²) >= 11 is 13.5. The molecule has 2 N–H and O–H groups in total. The zero-order valence-electron chi connectivity index (χ0n) is 11.2. The van der Waals surface area contributed by atoms with E-state index in [0.29, 0.717) is 5.75 Å². The van der Waals surface area contributed by atoms with Gasteiger partial charge in [-0.2, -0.15) is 11.8 Å². The number of aliphatic hydroxyl groups excluding tert-OH is 1. The topological polar surface area (TPSA) is 66.4 Å². The van der Waals surface area contributed by atoms with Crippen molar-refractivity contribution >= 4 is 45.0 Å². The predicted molar refractivity (Wildman–Crippen MR) is 85.2 cm³/mol. The molecule has 8 heteroatoms. The summed E-state index contributed by atoms with van der Waals surface area (Å²) in [6.07, 6.45) is 0. The maximum atomic E-state index is 12.3. The van der Waals surface area contributed by atoms with Gasteiger partial charge in [0.15, 0.2) is 0 Å². The van der Waals surface area contributed by atoms with Gasteiger partial charge in [0, 0.05) is 22.4 Å². The highest BCUT2D eigenvalue weighted by Gasteiger charge is 2.23. The fourth-order valence-corrected chi connectivity index (χ4v) is 4.50. The van der Waals surface area contributed by atoms with Gasteiger partial charge in [-0.3, -0.25) is 0 Å². The molecule has 1 unspecified atom stereocenters. The van der Waals surface area contributed by atoms with Crippen LogP contribution < -0.4 is 4.72 Å². The van der Waals surface area contributed by atoms with Gasteiger partial charge < -0.3 is 5.11 Å². The van der Waals surface area contributed by atoms with E-state index in [-0.39, 0.29) is 26.5 Å². The van der Waals surface area contributed by atoms with Crippen LogP contribution in [0.25, 0.3) is 0 Å². The minimum Gasteiger partial charge on any atom is -0.392 e. The van der Waals surface area contributed by atoms with E-state index in [4.69, 9.17) is 23.2 Å². The number of benzene rings is 1. The molecule has 0 aliphatic rings. The van der Waals surface area contributed by atoms with E-state index in [0.717, 1.165) is 5.75 Å². The Bertz CT molecular complexity index is 564. The van der Waals surface area contributed by atoms with E-state index >= 15 is 0 Å². The predicted octanol–water partition coefficient (Wildman–Crippen LogP) is 2.91. The van der Waals surface area contributed by atoms with Crippen LogP contribution in [0.5, 0.6) is 0 Å². The summed E-state index contributed by atoms with van der Waals surface area (Å²) in [5, 5.41) is 9.40. The molecule has 20 heavy (non-hydrogen) atoms. The number of sulfonamides is 1. The fourth-order valence-electron chi connectivity index (χ4n) is 1.59. The van der Waals surface area contributed by atoms with Crippen molar-refractivity contribution in [1.82, 2.24) is 4.72 Å². The van der Waals surface area contributed by atoms with Crippen LogP contribution in [0, 0.1) is 0 Å². The Morgan fingerprint density at radius 2 is 2.05 bits per heavy atom. The van der Waals surface area contributed by atoms with Crippen molar-refractivity contribution in [2.24, 2.45) is 0 Å². The molecule has 1 rings (SSSR count). The Balaban J connectivity index is 3.04. The molecule has 0 bridgehead atoms. The summed E-state index contributed by atoms with van der Waals surface area (Å²) in [6, 6.07) is 2.54. The summed E-state index contributed by atoms with van der Waals surface area (Å²) in [7, 11) is -3.73. The largest absolute Gasteiger partial charge is 0.392 e. The fraction of sp³-hybridized carbons (Fsp3) is 0.500. The van der Waals surface area contributed by atoms with Gasteiger partial charge in [0.1, 0.15) is 4.90 Å².